The molecular formula is C9H15N3O2. The highest BCUT2D eigenvalue weighted by atomic mass is 16.5. The van der Waals surface area contributed by atoms with E-state index < -0.39 is 5.97 Å². The molecule has 0 aliphatic carbocycles. The number of carbonyl (C=O) groups excluding carboxylic acids is 1. The van der Waals surface area contributed by atoms with Crippen LogP contribution in [-0.2, 0) is 11.8 Å². The van der Waals surface area contributed by atoms with E-state index in [-0.39, 0.29) is 0 Å². The highest BCUT2D eigenvalue weighted by Gasteiger charge is 2.15. The maximum atomic E-state index is 11.5. The molecule has 0 aromatic carbocycles. The van der Waals surface area contributed by atoms with E-state index in [9.17, 15) is 4.79 Å². The van der Waals surface area contributed by atoms with Crippen molar-refractivity contribution in [3.8, 4) is 0 Å². The van der Waals surface area contributed by atoms with Gasteiger partial charge in [-0.3, -0.25) is 4.68 Å². The van der Waals surface area contributed by atoms with E-state index in [1.807, 2.05) is 6.92 Å². The molecule has 14 heavy (non-hydrogen) atoms. The fraction of sp³-hybridized carbons (Fsp3) is 0.556. The van der Waals surface area contributed by atoms with Gasteiger partial charge in [0, 0.05) is 7.05 Å². The van der Waals surface area contributed by atoms with Crippen LogP contribution in [0.15, 0.2) is 6.20 Å². The molecule has 0 aliphatic rings. The van der Waals surface area contributed by atoms with Gasteiger partial charge in [-0.15, -0.1) is 0 Å². The fourth-order valence-corrected chi connectivity index (χ4v) is 1.08. The van der Waals surface area contributed by atoms with E-state index in [0.717, 1.165) is 12.8 Å². The molecule has 1 aromatic heterocycles. The molecule has 0 atom stereocenters. The number of unbranched alkanes of at least 4 members (excludes halogenated alkanes) is 1. The number of ether oxygens (including phenoxy) is 1. The van der Waals surface area contributed by atoms with Crippen molar-refractivity contribution >= 4 is 11.7 Å². The van der Waals surface area contributed by atoms with E-state index in [0.29, 0.717) is 18.0 Å². The molecule has 5 nitrogen and oxygen atoms in total. The van der Waals surface area contributed by atoms with Crippen LogP contribution in [0.5, 0.6) is 0 Å². The maximum absolute atomic E-state index is 11.5. The third-order valence-electron chi connectivity index (χ3n) is 1.89. The van der Waals surface area contributed by atoms with Crippen molar-refractivity contribution < 1.29 is 9.53 Å². The third kappa shape index (κ3) is 2.25. The molecule has 0 aliphatic heterocycles. The van der Waals surface area contributed by atoms with E-state index in [2.05, 4.69) is 5.10 Å². The fourth-order valence-electron chi connectivity index (χ4n) is 1.08. The van der Waals surface area contributed by atoms with Crippen LogP contribution in [0.25, 0.3) is 0 Å². The molecule has 2 N–H and O–H groups in total. The maximum Gasteiger partial charge on any atom is 0.358 e. The molecule has 0 bridgehead atoms. The first-order valence-electron chi connectivity index (χ1n) is 4.61. The molecule has 0 saturated heterocycles. The number of nitrogens with two attached hydrogens (primary N) is 1. The summed E-state index contributed by atoms with van der Waals surface area (Å²) in [6.45, 7) is 2.46. The molecule has 0 fully saturated rings. The number of aromatic nitrogens is 2. The molecule has 1 rings (SSSR count). The zero-order valence-corrected chi connectivity index (χ0v) is 8.49. The topological polar surface area (TPSA) is 70.1 Å². The predicted octanol–water partition coefficient (Wildman–Crippen LogP) is 0.959. The second-order valence-electron chi connectivity index (χ2n) is 3.06. The molecule has 1 aromatic rings. The Kier molecular flexibility index (Phi) is 3.50. The van der Waals surface area contributed by atoms with E-state index in [1.165, 1.54) is 10.9 Å². The van der Waals surface area contributed by atoms with Gasteiger partial charge in [0.15, 0.2) is 5.69 Å². The van der Waals surface area contributed by atoms with Gasteiger partial charge in [0.2, 0.25) is 0 Å². The molecule has 0 unspecified atom stereocenters. The Morgan fingerprint density at radius 1 is 1.71 bits per heavy atom. The van der Waals surface area contributed by atoms with Crippen LogP contribution < -0.4 is 5.73 Å². The van der Waals surface area contributed by atoms with Crippen LogP contribution in [0.3, 0.4) is 0 Å². The van der Waals surface area contributed by atoms with E-state index >= 15 is 0 Å². The zero-order chi connectivity index (χ0) is 10.6. The molecule has 0 spiro atoms. The number of nitrogens with zero attached hydrogens (tertiary/aromatic N) is 2. The molecule has 78 valence electrons. The summed E-state index contributed by atoms with van der Waals surface area (Å²) in [6, 6.07) is 0. The van der Waals surface area contributed by atoms with Crippen molar-refractivity contribution in [3.05, 3.63) is 11.9 Å². The highest BCUT2D eigenvalue weighted by molar-refractivity contribution is 5.92. The van der Waals surface area contributed by atoms with Crippen LogP contribution in [0.1, 0.15) is 30.3 Å². The number of carbonyl (C=O) groups is 1. The molecule has 0 saturated carbocycles. The van der Waals surface area contributed by atoms with Gasteiger partial charge in [0.1, 0.15) is 0 Å². The Labute approximate surface area is 82.8 Å². The van der Waals surface area contributed by atoms with Crippen molar-refractivity contribution in [1.29, 1.82) is 0 Å². The summed E-state index contributed by atoms with van der Waals surface area (Å²) in [5.41, 5.74) is 6.24. The molecule has 0 amide bonds. The lowest BCUT2D eigenvalue weighted by molar-refractivity contribution is 0.0488. The van der Waals surface area contributed by atoms with Gasteiger partial charge in [0.25, 0.3) is 0 Å². The summed E-state index contributed by atoms with van der Waals surface area (Å²) in [6.07, 6.45) is 3.30. The number of hydrogen-bond donors (Lipinski definition) is 1. The van der Waals surface area contributed by atoms with Gasteiger partial charge in [-0.25, -0.2) is 4.79 Å². The van der Waals surface area contributed by atoms with Gasteiger partial charge in [-0.05, 0) is 6.42 Å². The van der Waals surface area contributed by atoms with Gasteiger partial charge in [-0.1, -0.05) is 13.3 Å². The average molecular weight is 197 g/mol. The minimum Gasteiger partial charge on any atom is -0.461 e. The first kappa shape index (κ1) is 10.6. The molecule has 5 heteroatoms. The largest absolute Gasteiger partial charge is 0.461 e. The quantitative estimate of drug-likeness (QED) is 0.576. The third-order valence-corrected chi connectivity index (χ3v) is 1.89. The van der Waals surface area contributed by atoms with Crippen LogP contribution in [0, 0.1) is 0 Å². The summed E-state index contributed by atoms with van der Waals surface area (Å²) >= 11 is 0. The van der Waals surface area contributed by atoms with Crippen molar-refractivity contribution in [2.24, 2.45) is 7.05 Å². The minimum absolute atomic E-state index is 0.320. The monoisotopic (exact) mass is 197 g/mol. The van der Waals surface area contributed by atoms with Crippen LogP contribution in [0.4, 0.5) is 5.69 Å². The van der Waals surface area contributed by atoms with Gasteiger partial charge in [0.05, 0.1) is 18.5 Å². The second kappa shape index (κ2) is 4.64. The van der Waals surface area contributed by atoms with Crippen molar-refractivity contribution in [3.63, 3.8) is 0 Å². The predicted molar refractivity (Wildman–Crippen MR) is 52.8 cm³/mol. The zero-order valence-electron chi connectivity index (χ0n) is 8.49. The summed E-state index contributed by atoms with van der Waals surface area (Å²) in [4.78, 5) is 11.5. The number of nitrogen functional groups attached to an aromatic ring is 1. The lowest BCUT2D eigenvalue weighted by Crippen LogP contribution is -2.13. The number of rotatable bonds is 4. The Bertz CT molecular complexity index is 300. The molecule has 0 radical (unpaired) electrons. The normalized spacial score (nSPS) is 10.1. The summed E-state index contributed by atoms with van der Waals surface area (Å²) < 4.78 is 6.43. The summed E-state index contributed by atoms with van der Waals surface area (Å²) in [5, 5.41) is 3.86. The summed E-state index contributed by atoms with van der Waals surface area (Å²) in [7, 11) is 1.66. The Hall–Kier alpha value is -1.52. The summed E-state index contributed by atoms with van der Waals surface area (Å²) in [5.74, 6) is -0.407. The van der Waals surface area contributed by atoms with Crippen molar-refractivity contribution in [1.82, 2.24) is 9.78 Å². The smallest absolute Gasteiger partial charge is 0.358 e. The van der Waals surface area contributed by atoms with Crippen LogP contribution in [0.2, 0.25) is 0 Å². The minimum atomic E-state index is -0.407. The standard InChI is InChI=1S/C9H15N3O2/c1-3-4-5-14-9(13)8-7(10)6-11-12(8)2/h6H,3-5,10H2,1-2H3. The van der Waals surface area contributed by atoms with Crippen molar-refractivity contribution in [2.75, 3.05) is 12.3 Å². The van der Waals surface area contributed by atoms with Crippen LogP contribution >= 0.6 is 0 Å². The van der Waals surface area contributed by atoms with E-state index in [4.69, 9.17) is 10.5 Å². The number of aryl methyl sites for hydroxylation is 1. The molecular weight excluding hydrogens is 182 g/mol. The Morgan fingerprint density at radius 3 is 2.93 bits per heavy atom. The van der Waals surface area contributed by atoms with Crippen LogP contribution in [-0.4, -0.2) is 22.4 Å². The number of esters is 1. The van der Waals surface area contributed by atoms with Gasteiger partial charge in [-0.2, -0.15) is 5.10 Å². The number of hydrogen-bond acceptors (Lipinski definition) is 4. The van der Waals surface area contributed by atoms with Gasteiger partial charge >= 0.3 is 5.97 Å². The number of anilines is 1. The SMILES string of the molecule is CCCCOC(=O)c1c(N)cnn1C. The first-order chi connectivity index (χ1) is 6.66. The first-order valence-corrected chi connectivity index (χ1v) is 4.61. The lowest BCUT2D eigenvalue weighted by Gasteiger charge is -2.04. The lowest BCUT2D eigenvalue weighted by atomic mass is 10.3. The average Bonchev–Trinajstić information content (AvgIpc) is 2.46. The Balaban J connectivity index is 2.60. The Morgan fingerprint density at radius 2 is 2.43 bits per heavy atom. The molecule has 1 heterocycles. The van der Waals surface area contributed by atoms with E-state index in [1.54, 1.807) is 7.05 Å². The van der Waals surface area contributed by atoms with Gasteiger partial charge < -0.3 is 10.5 Å². The van der Waals surface area contributed by atoms with Crippen molar-refractivity contribution in [2.45, 2.75) is 19.8 Å². The highest BCUT2D eigenvalue weighted by Crippen LogP contribution is 2.10. The second-order valence-corrected chi connectivity index (χ2v) is 3.06.